The predicted molar refractivity (Wildman–Crippen MR) is 71.6 cm³/mol. The van der Waals surface area contributed by atoms with Crippen molar-refractivity contribution in [3.63, 3.8) is 0 Å². The van der Waals surface area contributed by atoms with Gasteiger partial charge in [-0.15, -0.1) is 0 Å². The van der Waals surface area contributed by atoms with Crippen LogP contribution in [-0.4, -0.2) is 52.5 Å². The van der Waals surface area contributed by atoms with E-state index in [2.05, 4.69) is 17.2 Å². The number of carbonyl (C=O) groups excluding carboxylic acids is 2. The van der Waals surface area contributed by atoms with Crippen LogP contribution in [0.15, 0.2) is 12.7 Å². The molecule has 0 aliphatic carbocycles. The third-order valence-corrected chi connectivity index (χ3v) is 3.02. The van der Waals surface area contributed by atoms with Crippen LogP contribution in [0.1, 0.15) is 12.8 Å². The van der Waals surface area contributed by atoms with Gasteiger partial charge >= 0.3 is 104 Å². The molecule has 0 aliphatic rings. The molecule has 112 valence electrons. The van der Waals surface area contributed by atoms with Crippen molar-refractivity contribution in [2.45, 2.75) is 12.8 Å². The topological polar surface area (TPSA) is 128 Å². The maximum absolute atomic E-state index is 11.2. The first-order valence-electron chi connectivity index (χ1n) is 5.83. The van der Waals surface area contributed by atoms with Crippen LogP contribution in [0, 0.1) is 0 Å². The van der Waals surface area contributed by atoms with Crippen LogP contribution in [0.5, 0.6) is 0 Å². The van der Waals surface area contributed by atoms with Crippen LogP contribution in [0.4, 0.5) is 4.79 Å². The van der Waals surface area contributed by atoms with Crippen molar-refractivity contribution in [3.8, 4) is 0 Å². The molecule has 0 bridgehead atoms. The van der Waals surface area contributed by atoms with E-state index >= 15 is 0 Å². The summed E-state index contributed by atoms with van der Waals surface area (Å²) < 4.78 is 4.70. The molecule has 0 unspecified atom stereocenters. The summed E-state index contributed by atoms with van der Waals surface area (Å²) in [5, 5.41) is 5.01. The Kier molecular flexibility index (Phi) is 9.07. The normalized spacial score (nSPS) is 11.5. The van der Waals surface area contributed by atoms with E-state index in [0.717, 1.165) is 6.08 Å². The van der Waals surface area contributed by atoms with E-state index in [1.165, 1.54) is 0 Å². The number of esters is 1. The fourth-order valence-electron chi connectivity index (χ4n) is 1.10. The standard InChI is InChI=1S/C10H21N2O6P/c1-2-9(13)18-7-3-5-11-10(14)12-6-4-8-19(15,16)17/h2,15-17,19H,1,3-8H2,(H2,11,12,14). The average molecular weight is 296 g/mol. The number of carbonyl (C=O) groups is 2. The van der Waals surface area contributed by atoms with Crippen molar-refractivity contribution in [1.82, 2.24) is 10.6 Å². The van der Waals surface area contributed by atoms with Gasteiger partial charge in [0.1, 0.15) is 0 Å². The van der Waals surface area contributed by atoms with Crippen LogP contribution in [0.25, 0.3) is 0 Å². The summed E-state index contributed by atoms with van der Waals surface area (Å²) in [6.45, 7) is 4.01. The molecule has 0 aromatic heterocycles. The van der Waals surface area contributed by atoms with E-state index in [-0.39, 0.29) is 25.7 Å². The van der Waals surface area contributed by atoms with Gasteiger partial charge in [-0.3, -0.25) is 0 Å². The molecule has 0 fully saturated rings. The Morgan fingerprint density at radius 1 is 1.16 bits per heavy atom. The summed E-state index contributed by atoms with van der Waals surface area (Å²) in [6.07, 6.45) is 1.70. The summed E-state index contributed by atoms with van der Waals surface area (Å²) in [4.78, 5) is 48.0. The van der Waals surface area contributed by atoms with Gasteiger partial charge in [0.05, 0.1) is 0 Å². The minimum atomic E-state index is -4.01. The van der Waals surface area contributed by atoms with Gasteiger partial charge < -0.3 is 0 Å². The van der Waals surface area contributed by atoms with Crippen molar-refractivity contribution in [3.05, 3.63) is 12.7 Å². The third-order valence-electron chi connectivity index (χ3n) is 1.99. The zero-order chi connectivity index (χ0) is 14.7. The maximum atomic E-state index is 11.2. The molecule has 0 spiro atoms. The Balaban J connectivity index is 3.40. The van der Waals surface area contributed by atoms with Crippen molar-refractivity contribution in [1.29, 1.82) is 0 Å². The summed E-state index contributed by atoms with van der Waals surface area (Å²) in [5.41, 5.74) is 0. The summed E-state index contributed by atoms with van der Waals surface area (Å²) >= 11 is 0. The van der Waals surface area contributed by atoms with E-state index in [4.69, 9.17) is 19.4 Å². The fourth-order valence-corrected chi connectivity index (χ4v) is 1.75. The van der Waals surface area contributed by atoms with E-state index < -0.39 is 19.9 Å². The molecule has 2 amide bonds. The second-order valence-electron chi connectivity index (χ2n) is 3.79. The van der Waals surface area contributed by atoms with Crippen LogP contribution >= 0.6 is 7.94 Å². The molecule has 19 heavy (non-hydrogen) atoms. The van der Waals surface area contributed by atoms with Crippen LogP contribution in [-0.2, 0) is 9.53 Å². The second-order valence-corrected chi connectivity index (χ2v) is 5.83. The molecule has 0 rings (SSSR count). The summed E-state index contributed by atoms with van der Waals surface area (Å²) in [5.74, 6) is -0.505. The number of ether oxygens (including phenoxy) is 1. The zero-order valence-corrected chi connectivity index (χ0v) is 11.6. The van der Waals surface area contributed by atoms with Crippen LogP contribution < -0.4 is 10.6 Å². The molecule has 9 heteroatoms. The van der Waals surface area contributed by atoms with E-state index in [1.54, 1.807) is 0 Å². The Bertz CT molecular complexity index is 305. The Labute approximate surface area is 112 Å². The van der Waals surface area contributed by atoms with Gasteiger partial charge in [-0.05, 0) is 0 Å². The van der Waals surface area contributed by atoms with Gasteiger partial charge in [-0.25, -0.2) is 0 Å². The molecule has 0 saturated carbocycles. The molecular weight excluding hydrogens is 275 g/mol. The van der Waals surface area contributed by atoms with Crippen molar-refractivity contribution in [2.75, 3.05) is 25.9 Å². The molecule has 0 aliphatic heterocycles. The summed E-state index contributed by atoms with van der Waals surface area (Å²) in [6, 6.07) is -0.406. The molecule has 0 aromatic rings. The number of hydrogen-bond donors (Lipinski definition) is 5. The number of rotatable bonds is 9. The van der Waals surface area contributed by atoms with Crippen LogP contribution in [0.3, 0.4) is 0 Å². The van der Waals surface area contributed by atoms with E-state index in [1.807, 2.05) is 0 Å². The first kappa shape index (κ1) is 17.8. The van der Waals surface area contributed by atoms with Gasteiger partial charge in [-0.1, -0.05) is 6.58 Å². The van der Waals surface area contributed by atoms with Crippen molar-refractivity contribution in [2.24, 2.45) is 0 Å². The molecule has 5 N–H and O–H groups in total. The van der Waals surface area contributed by atoms with Gasteiger partial charge in [0.25, 0.3) is 0 Å². The predicted octanol–water partition coefficient (Wildman–Crippen LogP) is -0.733. The molecule has 8 nitrogen and oxygen atoms in total. The van der Waals surface area contributed by atoms with Crippen LogP contribution in [0.2, 0.25) is 0 Å². The fraction of sp³-hybridized carbons (Fsp3) is 0.600. The number of nitrogens with one attached hydrogen (secondary N) is 2. The Morgan fingerprint density at radius 3 is 2.26 bits per heavy atom. The average Bonchev–Trinajstić information content (AvgIpc) is 2.32. The van der Waals surface area contributed by atoms with Crippen molar-refractivity contribution < 1.29 is 29.0 Å². The Morgan fingerprint density at radius 2 is 1.74 bits per heavy atom. The molecule has 0 saturated heterocycles. The van der Waals surface area contributed by atoms with Crippen molar-refractivity contribution >= 4 is 19.9 Å². The molecule has 0 heterocycles. The number of hydrogen-bond acceptors (Lipinski definition) is 6. The minimum absolute atomic E-state index is 0.120. The van der Waals surface area contributed by atoms with Gasteiger partial charge in [0.15, 0.2) is 0 Å². The Hall–Kier alpha value is -1.21. The third kappa shape index (κ3) is 13.0. The zero-order valence-electron chi connectivity index (χ0n) is 10.6. The SMILES string of the molecule is C=CC(=O)OCCCNC(=O)NCCC[PH](O)(O)O. The van der Waals surface area contributed by atoms with E-state index in [0.29, 0.717) is 13.0 Å². The first-order valence-corrected chi connectivity index (χ1v) is 7.88. The monoisotopic (exact) mass is 296 g/mol. The van der Waals surface area contributed by atoms with Gasteiger partial charge in [0.2, 0.25) is 0 Å². The van der Waals surface area contributed by atoms with Gasteiger partial charge in [-0.2, -0.15) is 0 Å². The number of amides is 2. The number of urea groups is 1. The molecule has 0 aromatic carbocycles. The van der Waals surface area contributed by atoms with E-state index in [9.17, 15) is 9.59 Å². The first-order chi connectivity index (χ1) is 8.85. The molecule has 0 atom stereocenters. The quantitative estimate of drug-likeness (QED) is 0.165. The van der Waals surface area contributed by atoms with Gasteiger partial charge in [0, 0.05) is 0 Å². The second kappa shape index (κ2) is 9.69. The molecular formula is C10H21N2O6P. The summed E-state index contributed by atoms with van der Waals surface area (Å²) in [7, 11) is -4.01. The molecule has 0 radical (unpaired) electrons.